The zero-order valence-corrected chi connectivity index (χ0v) is 9.39. The minimum atomic E-state index is 0. The van der Waals surface area contributed by atoms with Crippen LogP contribution in [0.3, 0.4) is 0 Å². The summed E-state index contributed by atoms with van der Waals surface area (Å²) >= 11 is 5.99. The molecule has 5 heteroatoms. The molecule has 2 aromatic rings. The first-order valence-corrected chi connectivity index (χ1v) is 4.59. The van der Waals surface area contributed by atoms with Crippen molar-refractivity contribution in [2.24, 2.45) is 5.73 Å². The van der Waals surface area contributed by atoms with Gasteiger partial charge >= 0.3 is 0 Å². The van der Waals surface area contributed by atoms with E-state index in [1.807, 2.05) is 24.3 Å². The van der Waals surface area contributed by atoms with Crippen molar-refractivity contribution in [1.29, 1.82) is 0 Å². The SMILES string of the molecule is Cl.NCc1cc(-c2ccccc2Cl)on1. The number of aromatic nitrogens is 1. The fourth-order valence-electron chi connectivity index (χ4n) is 1.20. The number of rotatable bonds is 2. The summed E-state index contributed by atoms with van der Waals surface area (Å²) in [4.78, 5) is 0. The average Bonchev–Trinajstić information content (AvgIpc) is 2.67. The van der Waals surface area contributed by atoms with Gasteiger partial charge in [0.2, 0.25) is 0 Å². The summed E-state index contributed by atoms with van der Waals surface area (Å²) in [6, 6.07) is 9.24. The molecule has 0 saturated heterocycles. The molecule has 0 aliphatic heterocycles. The maximum Gasteiger partial charge on any atom is 0.168 e. The molecule has 0 atom stereocenters. The van der Waals surface area contributed by atoms with Gasteiger partial charge in [-0.1, -0.05) is 28.9 Å². The lowest BCUT2D eigenvalue weighted by Crippen LogP contribution is -1.94. The molecular formula is C10H10Cl2N2O. The summed E-state index contributed by atoms with van der Waals surface area (Å²) in [5.41, 5.74) is 6.98. The molecule has 0 unspecified atom stereocenters. The molecule has 2 N–H and O–H groups in total. The van der Waals surface area contributed by atoms with Gasteiger partial charge in [-0.05, 0) is 12.1 Å². The molecule has 1 aromatic carbocycles. The van der Waals surface area contributed by atoms with Gasteiger partial charge in [0, 0.05) is 18.2 Å². The van der Waals surface area contributed by atoms with E-state index in [0.717, 1.165) is 11.3 Å². The van der Waals surface area contributed by atoms with Gasteiger partial charge in [0.05, 0.1) is 10.7 Å². The van der Waals surface area contributed by atoms with Crippen molar-refractivity contribution in [3.63, 3.8) is 0 Å². The van der Waals surface area contributed by atoms with Crippen LogP contribution in [-0.2, 0) is 6.54 Å². The van der Waals surface area contributed by atoms with Crippen molar-refractivity contribution in [3.8, 4) is 11.3 Å². The number of benzene rings is 1. The Morgan fingerprint density at radius 1 is 1.33 bits per heavy atom. The van der Waals surface area contributed by atoms with Crippen LogP contribution in [0.1, 0.15) is 5.69 Å². The lowest BCUT2D eigenvalue weighted by Gasteiger charge is -1.96. The van der Waals surface area contributed by atoms with Gasteiger partial charge in [-0.15, -0.1) is 12.4 Å². The van der Waals surface area contributed by atoms with E-state index in [1.54, 1.807) is 6.07 Å². The summed E-state index contributed by atoms with van der Waals surface area (Å²) in [7, 11) is 0. The van der Waals surface area contributed by atoms with Crippen LogP contribution in [0.15, 0.2) is 34.9 Å². The van der Waals surface area contributed by atoms with E-state index < -0.39 is 0 Å². The molecule has 0 radical (unpaired) electrons. The normalized spacial score (nSPS) is 9.73. The van der Waals surface area contributed by atoms with E-state index in [2.05, 4.69) is 5.16 Å². The molecule has 0 amide bonds. The van der Waals surface area contributed by atoms with Crippen LogP contribution in [0, 0.1) is 0 Å². The molecule has 0 aliphatic carbocycles. The quantitative estimate of drug-likeness (QED) is 0.884. The van der Waals surface area contributed by atoms with Crippen molar-refractivity contribution in [3.05, 3.63) is 41.0 Å². The highest BCUT2D eigenvalue weighted by molar-refractivity contribution is 6.33. The van der Waals surface area contributed by atoms with Crippen molar-refractivity contribution in [1.82, 2.24) is 5.16 Å². The molecule has 0 aliphatic rings. The lowest BCUT2D eigenvalue weighted by molar-refractivity contribution is 0.424. The van der Waals surface area contributed by atoms with Gasteiger partial charge in [0.1, 0.15) is 0 Å². The first kappa shape index (κ1) is 12.0. The van der Waals surface area contributed by atoms with Crippen LogP contribution < -0.4 is 5.73 Å². The smallest absolute Gasteiger partial charge is 0.168 e. The maximum atomic E-state index is 5.99. The molecule has 1 heterocycles. The standard InChI is InChI=1S/C10H9ClN2O.ClH/c11-9-4-2-1-3-8(9)10-5-7(6-12)13-14-10;/h1-5H,6,12H2;1H. The second-order valence-electron chi connectivity index (χ2n) is 2.87. The Labute approximate surface area is 98.6 Å². The zero-order chi connectivity index (χ0) is 9.97. The van der Waals surface area contributed by atoms with Crippen LogP contribution in [0.25, 0.3) is 11.3 Å². The van der Waals surface area contributed by atoms with Crippen LogP contribution in [0.2, 0.25) is 5.02 Å². The molecule has 2 rings (SSSR count). The van der Waals surface area contributed by atoms with Crippen LogP contribution in [0.5, 0.6) is 0 Å². The molecule has 3 nitrogen and oxygen atoms in total. The van der Waals surface area contributed by atoms with Gasteiger partial charge in [-0.2, -0.15) is 0 Å². The highest BCUT2D eigenvalue weighted by atomic mass is 35.5. The van der Waals surface area contributed by atoms with Crippen molar-refractivity contribution in [2.45, 2.75) is 6.54 Å². The molecule has 0 spiro atoms. The van der Waals surface area contributed by atoms with E-state index in [-0.39, 0.29) is 12.4 Å². The predicted octanol–water partition coefficient (Wildman–Crippen LogP) is 2.88. The predicted molar refractivity (Wildman–Crippen MR) is 62.1 cm³/mol. The third-order valence-corrected chi connectivity index (χ3v) is 2.24. The lowest BCUT2D eigenvalue weighted by atomic mass is 10.1. The Morgan fingerprint density at radius 3 is 2.67 bits per heavy atom. The number of nitrogens with zero attached hydrogens (tertiary/aromatic N) is 1. The van der Waals surface area contributed by atoms with Crippen LogP contribution in [-0.4, -0.2) is 5.16 Å². The minimum absolute atomic E-state index is 0. The van der Waals surface area contributed by atoms with Gasteiger partial charge in [0.15, 0.2) is 5.76 Å². The largest absolute Gasteiger partial charge is 0.356 e. The van der Waals surface area contributed by atoms with E-state index in [0.29, 0.717) is 17.3 Å². The van der Waals surface area contributed by atoms with Crippen molar-refractivity contribution < 1.29 is 4.52 Å². The highest BCUT2D eigenvalue weighted by Gasteiger charge is 2.08. The number of hydrogen-bond acceptors (Lipinski definition) is 3. The molecule has 15 heavy (non-hydrogen) atoms. The van der Waals surface area contributed by atoms with E-state index >= 15 is 0 Å². The minimum Gasteiger partial charge on any atom is -0.356 e. The topological polar surface area (TPSA) is 52.0 Å². The van der Waals surface area contributed by atoms with E-state index in [9.17, 15) is 0 Å². The Morgan fingerprint density at radius 2 is 2.07 bits per heavy atom. The van der Waals surface area contributed by atoms with Crippen LogP contribution in [0.4, 0.5) is 0 Å². The summed E-state index contributed by atoms with van der Waals surface area (Å²) < 4.78 is 5.11. The fraction of sp³-hybridized carbons (Fsp3) is 0.100. The Hall–Kier alpha value is -1.03. The van der Waals surface area contributed by atoms with Crippen molar-refractivity contribution >= 4 is 24.0 Å². The molecule has 0 fully saturated rings. The monoisotopic (exact) mass is 244 g/mol. The van der Waals surface area contributed by atoms with Gasteiger partial charge in [0.25, 0.3) is 0 Å². The Bertz CT molecular complexity index is 442. The maximum absolute atomic E-state index is 5.99. The number of halogens is 2. The zero-order valence-electron chi connectivity index (χ0n) is 7.81. The second kappa shape index (κ2) is 5.16. The van der Waals surface area contributed by atoms with Gasteiger partial charge in [-0.3, -0.25) is 0 Å². The fourth-order valence-corrected chi connectivity index (χ4v) is 1.42. The first-order chi connectivity index (χ1) is 6.81. The molecular weight excluding hydrogens is 235 g/mol. The molecule has 0 saturated carbocycles. The number of nitrogens with two attached hydrogens (primary N) is 1. The average molecular weight is 245 g/mol. The van der Waals surface area contributed by atoms with E-state index in [4.69, 9.17) is 21.9 Å². The summed E-state index contributed by atoms with van der Waals surface area (Å²) in [5.74, 6) is 0.649. The molecule has 0 bridgehead atoms. The second-order valence-corrected chi connectivity index (χ2v) is 3.27. The Balaban J connectivity index is 0.00000112. The summed E-state index contributed by atoms with van der Waals surface area (Å²) in [5, 5.41) is 4.44. The highest BCUT2D eigenvalue weighted by Crippen LogP contribution is 2.27. The summed E-state index contributed by atoms with van der Waals surface area (Å²) in [6.07, 6.45) is 0. The van der Waals surface area contributed by atoms with Crippen LogP contribution >= 0.6 is 24.0 Å². The third-order valence-electron chi connectivity index (χ3n) is 1.91. The third kappa shape index (κ3) is 2.50. The van der Waals surface area contributed by atoms with Gasteiger partial charge in [-0.25, -0.2) is 0 Å². The molecule has 80 valence electrons. The first-order valence-electron chi connectivity index (χ1n) is 4.22. The number of hydrogen-bond donors (Lipinski definition) is 1. The van der Waals surface area contributed by atoms with Gasteiger partial charge < -0.3 is 10.3 Å². The Kier molecular flexibility index (Phi) is 4.15. The molecule has 1 aromatic heterocycles. The summed E-state index contributed by atoms with van der Waals surface area (Å²) in [6.45, 7) is 0.369. The van der Waals surface area contributed by atoms with E-state index in [1.165, 1.54) is 0 Å². The van der Waals surface area contributed by atoms with Crippen molar-refractivity contribution in [2.75, 3.05) is 0 Å².